The zero-order chi connectivity index (χ0) is 12.2. The third-order valence-electron chi connectivity index (χ3n) is 1.53. The Bertz CT molecular complexity index is 330. The Morgan fingerprint density at radius 1 is 0.812 bits per heavy atom. The van der Waals surface area contributed by atoms with E-state index in [0.29, 0.717) is 0 Å². The molecular formula is C14H18N2. The van der Waals surface area contributed by atoms with Crippen LogP contribution in [0.5, 0.6) is 0 Å². The van der Waals surface area contributed by atoms with E-state index in [9.17, 15) is 0 Å². The van der Waals surface area contributed by atoms with Crippen molar-refractivity contribution in [3.05, 3.63) is 73.2 Å². The molecule has 0 saturated carbocycles. The zero-order valence-corrected chi connectivity index (χ0v) is 9.93. The summed E-state index contributed by atoms with van der Waals surface area (Å²) in [5, 5.41) is 8.20. The molecule has 0 atom stereocenters. The van der Waals surface area contributed by atoms with E-state index in [1.54, 1.807) is 24.3 Å². The van der Waals surface area contributed by atoms with E-state index < -0.39 is 0 Å². The van der Waals surface area contributed by atoms with Crippen molar-refractivity contribution >= 4 is 0 Å². The molecule has 16 heavy (non-hydrogen) atoms. The number of nitrogens with zero attached hydrogens (tertiary/aromatic N) is 2. The molecule has 0 aliphatic heterocycles. The van der Waals surface area contributed by atoms with Crippen molar-refractivity contribution in [2.45, 2.75) is 13.8 Å². The Morgan fingerprint density at radius 2 is 1.19 bits per heavy atom. The maximum atomic E-state index is 4.10. The maximum Gasteiger partial charge on any atom is 0.0853 e. The van der Waals surface area contributed by atoms with E-state index in [1.807, 2.05) is 38.2 Å². The molecule has 0 aromatic rings. The number of azo groups is 1. The Morgan fingerprint density at radius 3 is 1.44 bits per heavy atom. The summed E-state index contributed by atoms with van der Waals surface area (Å²) in [6, 6.07) is 0. The smallest absolute Gasteiger partial charge is 0.0853 e. The van der Waals surface area contributed by atoms with Gasteiger partial charge in [-0.2, -0.15) is 10.2 Å². The van der Waals surface area contributed by atoms with Gasteiger partial charge in [0.25, 0.3) is 0 Å². The van der Waals surface area contributed by atoms with Crippen LogP contribution in [-0.4, -0.2) is 0 Å². The molecule has 0 fully saturated rings. The highest BCUT2D eigenvalue weighted by Gasteiger charge is 1.88. The van der Waals surface area contributed by atoms with Gasteiger partial charge < -0.3 is 0 Å². The van der Waals surface area contributed by atoms with Gasteiger partial charge in [-0.1, -0.05) is 37.5 Å². The maximum absolute atomic E-state index is 4.10. The molecule has 0 aliphatic rings. The van der Waals surface area contributed by atoms with Gasteiger partial charge in [0.2, 0.25) is 0 Å². The van der Waals surface area contributed by atoms with Crippen LogP contribution in [0, 0.1) is 0 Å². The van der Waals surface area contributed by atoms with Crippen LogP contribution in [0.1, 0.15) is 13.8 Å². The fourth-order valence-corrected chi connectivity index (χ4v) is 0.943. The molecule has 0 N–H and O–H groups in total. The number of rotatable bonds is 6. The van der Waals surface area contributed by atoms with Crippen LogP contribution in [0.25, 0.3) is 0 Å². The molecule has 0 amide bonds. The average Bonchev–Trinajstić information content (AvgIpc) is 2.27. The van der Waals surface area contributed by atoms with E-state index in [-0.39, 0.29) is 0 Å². The SMILES string of the molecule is C=C/C=C(\C=C/C)/N=N/C(/C=C\C)=C/C=C. The molecule has 0 aromatic heterocycles. The van der Waals surface area contributed by atoms with Gasteiger partial charge in [0.1, 0.15) is 0 Å². The van der Waals surface area contributed by atoms with Gasteiger partial charge in [-0.3, -0.25) is 0 Å². The van der Waals surface area contributed by atoms with Crippen LogP contribution in [-0.2, 0) is 0 Å². The van der Waals surface area contributed by atoms with E-state index >= 15 is 0 Å². The van der Waals surface area contributed by atoms with E-state index in [4.69, 9.17) is 0 Å². The van der Waals surface area contributed by atoms with Crippen molar-refractivity contribution in [3.8, 4) is 0 Å². The van der Waals surface area contributed by atoms with Crippen LogP contribution < -0.4 is 0 Å². The quantitative estimate of drug-likeness (QED) is 0.451. The molecule has 0 rings (SSSR count). The van der Waals surface area contributed by atoms with E-state index in [2.05, 4.69) is 23.4 Å². The first-order valence-electron chi connectivity index (χ1n) is 5.11. The second kappa shape index (κ2) is 9.59. The summed E-state index contributed by atoms with van der Waals surface area (Å²) in [5.74, 6) is 0. The topological polar surface area (TPSA) is 24.7 Å². The summed E-state index contributed by atoms with van der Waals surface area (Å²) in [7, 11) is 0. The zero-order valence-electron chi connectivity index (χ0n) is 9.93. The van der Waals surface area contributed by atoms with Crippen molar-refractivity contribution in [3.63, 3.8) is 0 Å². The molecule has 0 aromatic carbocycles. The molecule has 0 bridgehead atoms. The molecule has 0 radical (unpaired) electrons. The first-order chi connectivity index (χ1) is 7.78. The molecule has 84 valence electrons. The van der Waals surface area contributed by atoms with Gasteiger partial charge in [0, 0.05) is 0 Å². The molecule has 0 aliphatic carbocycles. The predicted molar refractivity (Wildman–Crippen MR) is 71.0 cm³/mol. The third-order valence-corrected chi connectivity index (χ3v) is 1.53. The average molecular weight is 214 g/mol. The van der Waals surface area contributed by atoms with Gasteiger partial charge in [-0.25, -0.2) is 0 Å². The van der Waals surface area contributed by atoms with Crippen molar-refractivity contribution in [2.75, 3.05) is 0 Å². The summed E-state index contributed by atoms with van der Waals surface area (Å²) >= 11 is 0. The Kier molecular flexibility index (Phi) is 8.41. The van der Waals surface area contributed by atoms with Crippen molar-refractivity contribution in [2.24, 2.45) is 10.2 Å². The van der Waals surface area contributed by atoms with Gasteiger partial charge in [-0.15, -0.1) is 0 Å². The van der Waals surface area contributed by atoms with Crippen LogP contribution in [0.3, 0.4) is 0 Å². The van der Waals surface area contributed by atoms with Crippen LogP contribution in [0.4, 0.5) is 0 Å². The van der Waals surface area contributed by atoms with Crippen LogP contribution in [0.15, 0.2) is 83.4 Å². The van der Waals surface area contributed by atoms with Gasteiger partial charge >= 0.3 is 0 Å². The van der Waals surface area contributed by atoms with E-state index in [0.717, 1.165) is 11.4 Å². The fraction of sp³-hybridized carbons (Fsp3) is 0.143. The summed E-state index contributed by atoms with van der Waals surface area (Å²) < 4.78 is 0. The molecular weight excluding hydrogens is 196 g/mol. The van der Waals surface area contributed by atoms with Gasteiger partial charge in [0.15, 0.2) is 0 Å². The highest BCUT2D eigenvalue weighted by Crippen LogP contribution is 2.06. The summed E-state index contributed by atoms with van der Waals surface area (Å²) in [5.41, 5.74) is 1.52. The monoisotopic (exact) mass is 214 g/mol. The minimum atomic E-state index is 0.761. The summed E-state index contributed by atoms with van der Waals surface area (Å²) in [4.78, 5) is 0. The number of hydrogen-bond acceptors (Lipinski definition) is 2. The van der Waals surface area contributed by atoms with Crippen molar-refractivity contribution in [1.82, 2.24) is 0 Å². The second-order valence-corrected chi connectivity index (χ2v) is 2.85. The summed E-state index contributed by atoms with van der Waals surface area (Å²) in [6.45, 7) is 11.1. The predicted octanol–water partition coefficient (Wildman–Crippen LogP) is 4.73. The molecule has 2 heteroatoms. The largest absolute Gasteiger partial charge is 0.151 e. The van der Waals surface area contributed by atoms with Crippen molar-refractivity contribution < 1.29 is 0 Å². The van der Waals surface area contributed by atoms with Gasteiger partial charge in [-0.05, 0) is 38.2 Å². The fourth-order valence-electron chi connectivity index (χ4n) is 0.943. The Labute approximate surface area is 97.8 Å². The minimum Gasteiger partial charge on any atom is -0.151 e. The van der Waals surface area contributed by atoms with Gasteiger partial charge in [0.05, 0.1) is 11.4 Å². The third kappa shape index (κ3) is 6.49. The molecule has 0 spiro atoms. The molecule has 2 nitrogen and oxygen atoms in total. The first kappa shape index (κ1) is 14.0. The molecule has 0 saturated heterocycles. The minimum absolute atomic E-state index is 0.761. The Hall–Kier alpha value is -1.96. The second-order valence-electron chi connectivity index (χ2n) is 2.85. The standard InChI is InChI=1S/C14H18N2/c1-5-9-13(10-6-2)15-16-14(11-7-3)12-8-4/h5-12H,1,3H2,2,4H3/b10-6-,12-8-,13-9+,14-11+,16-15+. The van der Waals surface area contributed by atoms with Crippen LogP contribution in [0.2, 0.25) is 0 Å². The van der Waals surface area contributed by atoms with E-state index in [1.165, 1.54) is 0 Å². The lowest BCUT2D eigenvalue weighted by Crippen LogP contribution is -1.73. The Balaban J connectivity index is 4.89. The molecule has 0 heterocycles. The van der Waals surface area contributed by atoms with Crippen molar-refractivity contribution in [1.29, 1.82) is 0 Å². The lowest BCUT2D eigenvalue weighted by molar-refractivity contribution is 1.12. The number of allylic oxidation sites excluding steroid dienone is 8. The highest BCUT2D eigenvalue weighted by atomic mass is 15.1. The number of hydrogen-bond donors (Lipinski definition) is 0. The van der Waals surface area contributed by atoms with Crippen LogP contribution >= 0.6 is 0 Å². The highest BCUT2D eigenvalue weighted by molar-refractivity contribution is 5.24. The molecule has 0 unspecified atom stereocenters. The lowest BCUT2D eigenvalue weighted by atomic mass is 10.3. The normalized spacial score (nSPS) is 14.1. The first-order valence-corrected chi connectivity index (χ1v) is 5.11. The lowest BCUT2D eigenvalue weighted by Gasteiger charge is -1.92. The summed E-state index contributed by atoms with van der Waals surface area (Å²) in [6.07, 6.45) is 14.5.